The van der Waals surface area contributed by atoms with Crippen molar-refractivity contribution in [1.29, 1.82) is 0 Å². The van der Waals surface area contributed by atoms with E-state index in [-0.39, 0.29) is 43.7 Å². The van der Waals surface area contributed by atoms with E-state index in [4.69, 9.17) is 37.4 Å². The van der Waals surface area contributed by atoms with Crippen LogP contribution in [0.3, 0.4) is 0 Å². The molecule has 9 heteroatoms. The Labute approximate surface area is 195 Å². The highest BCUT2D eigenvalue weighted by Crippen LogP contribution is 2.55. The molecule has 3 aromatic carbocycles. The first kappa shape index (κ1) is 23.9. The molecule has 0 spiro atoms. The second-order valence-corrected chi connectivity index (χ2v) is 9.89. The lowest BCUT2D eigenvalue weighted by Crippen LogP contribution is -2.22. The van der Waals surface area contributed by atoms with Crippen LogP contribution in [0.25, 0.3) is 0 Å². The van der Waals surface area contributed by atoms with E-state index in [9.17, 15) is 14.2 Å². The second-order valence-electron chi connectivity index (χ2n) is 6.53. The van der Waals surface area contributed by atoms with Crippen LogP contribution in [0.15, 0.2) is 60.7 Å². The number of halogens is 2. The summed E-state index contributed by atoms with van der Waals surface area (Å²) in [5, 5.41) is 0.0652. The van der Waals surface area contributed by atoms with Gasteiger partial charge in [0.05, 0.1) is 36.9 Å². The quantitative estimate of drug-likeness (QED) is 0.376. The molecular weight excluding hydrogens is 474 g/mol. The molecule has 0 radical (unpaired) electrons. The molecule has 0 bridgehead atoms. The highest BCUT2D eigenvalue weighted by Gasteiger charge is 2.46. The van der Waals surface area contributed by atoms with Crippen LogP contribution in [0.4, 0.5) is 0 Å². The minimum Gasteiger partial charge on any atom is -0.496 e. The van der Waals surface area contributed by atoms with Crippen molar-refractivity contribution in [3.05, 3.63) is 81.8 Å². The van der Waals surface area contributed by atoms with Crippen LogP contribution < -0.4 is 19.5 Å². The zero-order valence-corrected chi connectivity index (χ0v) is 19.8. The number of methoxy groups -OCH3 is 3. The van der Waals surface area contributed by atoms with Crippen molar-refractivity contribution in [2.24, 2.45) is 0 Å². The fourth-order valence-electron chi connectivity index (χ4n) is 3.27. The first-order valence-electron chi connectivity index (χ1n) is 9.29. The van der Waals surface area contributed by atoms with Crippen molar-refractivity contribution in [2.75, 3.05) is 21.3 Å². The number of carbonyl (C=O) groups excluding carboxylic acids is 2. The van der Waals surface area contributed by atoms with Crippen LogP contribution >= 0.6 is 30.3 Å². The number of rotatable bonds is 8. The maximum absolute atomic E-state index is 14.5. The van der Waals surface area contributed by atoms with Gasteiger partial charge >= 0.3 is 0 Å². The Kier molecular flexibility index (Phi) is 7.29. The Balaban J connectivity index is 2.36. The van der Waals surface area contributed by atoms with Crippen molar-refractivity contribution in [3.8, 4) is 17.2 Å². The van der Waals surface area contributed by atoms with E-state index >= 15 is 0 Å². The molecule has 3 rings (SSSR count). The van der Waals surface area contributed by atoms with Gasteiger partial charge in [-0.2, -0.15) is 0 Å². The van der Waals surface area contributed by atoms with Gasteiger partial charge < -0.3 is 18.8 Å². The predicted molar refractivity (Wildman–Crippen MR) is 125 cm³/mol. The van der Waals surface area contributed by atoms with Gasteiger partial charge in [-0.25, -0.2) is 0 Å². The van der Waals surface area contributed by atoms with E-state index in [1.54, 1.807) is 24.3 Å². The number of benzene rings is 3. The molecule has 0 aliphatic rings. The Morgan fingerprint density at radius 2 is 1.22 bits per heavy atom. The van der Waals surface area contributed by atoms with Crippen LogP contribution in [0.5, 0.6) is 17.2 Å². The predicted octanol–water partition coefficient (Wildman–Crippen LogP) is 5.69. The molecular formula is C23H19Cl2O6P. The monoisotopic (exact) mass is 492 g/mol. The topological polar surface area (TPSA) is 78.9 Å². The fourth-order valence-corrected chi connectivity index (χ4v) is 6.13. The maximum atomic E-state index is 14.5. The zero-order chi connectivity index (χ0) is 23.5. The summed E-state index contributed by atoms with van der Waals surface area (Å²) in [5.74, 6) is 0.157. The molecule has 0 aliphatic heterocycles. The lowest BCUT2D eigenvalue weighted by molar-refractivity contribution is 0.103. The van der Waals surface area contributed by atoms with Gasteiger partial charge in [-0.05, 0) is 24.3 Å². The minimum absolute atomic E-state index is 0.0288. The van der Waals surface area contributed by atoms with E-state index in [0.717, 1.165) is 0 Å². The first-order chi connectivity index (χ1) is 15.3. The Bertz CT molecular complexity index is 1200. The van der Waals surface area contributed by atoms with Gasteiger partial charge in [-0.1, -0.05) is 59.6 Å². The number of hydrogen-bond acceptors (Lipinski definition) is 6. The van der Waals surface area contributed by atoms with E-state index in [1.807, 2.05) is 0 Å². The highest BCUT2D eigenvalue weighted by molar-refractivity contribution is 8.01. The second kappa shape index (κ2) is 9.78. The van der Waals surface area contributed by atoms with Crippen molar-refractivity contribution in [3.63, 3.8) is 0 Å². The van der Waals surface area contributed by atoms with Gasteiger partial charge in [-0.3, -0.25) is 9.59 Å². The van der Waals surface area contributed by atoms with Crippen molar-refractivity contribution in [1.82, 2.24) is 0 Å². The van der Waals surface area contributed by atoms with Crippen LogP contribution in [0.2, 0.25) is 10.0 Å². The number of carbonyl (C=O) groups is 2. The molecule has 32 heavy (non-hydrogen) atoms. The summed E-state index contributed by atoms with van der Waals surface area (Å²) in [6, 6.07) is 15.2. The summed E-state index contributed by atoms with van der Waals surface area (Å²) < 4.78 is 30.4. The molecule has 6 nitrogen and oxygen atoms in total. The molecule has 0 fully saturated rings. The van der Waals surface area contributed by atoms with Crippen LogP contribution in [0.1, 0.15) is 20.7 Å². The molecule has 0 amide bonds. The lowest BCUT2D eigenvalue weighted by atomic mass is 10.2. The number of ether oxygens (including phenoxy) is 3. The molecule has 1 atom stereocenters. The van der Waals surface area contributed by atoms with Gasteiger partial charge in [0.2, 0.25) is 18.2 Å². The molecule has 3 aromatic rings. The van der Waals surface area contributed by atoms with E-state index in [1.165, 1.54) is 57.7 Å². The standard InChI is InChI=1S/C23H19Cl2O6P/c1-29-17-10-7-11-18(30-2)20(17)23(27)32(28,14-8-5-4-6-9-14)22(26)19-15(24)12-13-16(25)21(19)31-3/h4-13H,1-3H3. The lowest BCUT2D eigenvalue weighted by Gasteiger charge is -2.21. The largest absolute Gasteiger partial charge is 0.496 e. The molecule has 0 N–H and O–H groups in total. The van der Waals surface area contributed by atoms with Crippen LogP contribution in [-0.4, -0.2) is 32.4 Å². The van der Waals surface area contributed by atoms with E-state index in [0.29, 0.717) is 0 Å². The Morgan fingerprint density at radius 1 is 0.688 bits per heavy atom. The van der Waals surface area contributed by atoms with Gasteiger partial charge in [0.25, 0.3) is 0 Å². The summed E-state index contributed by atoms with van der Waals surface area (Å²) in [4.78, 5) is 27.7. The summed E-state index contributed by atoms with van der Waals surface area (Å²) in [7, 11) is -0.510. The molecule has 1 unspecified atom stereocenters. The Hall–Kier alpha value is -2.79. The summed E-state index contributed by atoms with van der Waals surface area (Å²) in [6.07, 6.45) is 0. The van der Waals surface area contributed by atoms with Crippen molar-refractivity contribution in [2.45, 2.75) is 0 Å². The van der Waals surface area contributed by atoms with Gasteiger partial charge in [0.15, 0.2) is 0 Å². The van der Waals surface area contributed by atoms with Gasteiger partial charge in [0.1, 0.15) is 22.8 Å². The van der Waals surface area contributed by atoms with Gasteiger partial charge in [-0.15, -0.1) is 0 Å². The molecule has 0 saturated carbocycles. The average Bonchev–Trinajstić information content (AvgIpc) is 2.83. The number of hydrogen-bond donors (Lipinski definition) is 0. The van der Waals surface area contributed by atoms with Crippen LogP contribution in [-0.2, 0) is 4.57 Å². The third-order valence-corrected chi connectivity index (χ3v) is 8.04. The summed E-state index contributed by atoms with van der Waals surface area (Å²) >= 11 is 12.5. The third kappa shape index (κ3) is 4.02. The maximum Gasteiger partial charge on any atom is 0.249 e. The molecule has 0 heterocycles. The first-order valence-corrected chi connectivity index (χ1v) is 11.8. The van der Waals surface area contributed by atoms with E-state index < -0.39 is 18.2 Å². The Morgan fingerprint density at radius 3 is 1.75 bits per heavy atom. The zero-order valence-electron chi connectivity index (χ0n) is 17.4. The van der Waals surface area contributed by atoms with E-state index in [2.05, 4.69) is 0 Å². The third-order valence-electron chi connectivity index (χ3n) is 4.81. The van der Waals surface area contributed by atoms with Crippen molar-refractivity contribution < 1.29 is 28.4 Å². The molecule has 0 aromatic heterocycles. The normalized spacial score (nSPS) is 12.5. The van der Waals surface area contributed by atoms with Gasteiger partial charge in [0, 0.05) is 5.30 Å². The minimum atomic E-state index is -4.53. The molecule has 0 saturated heterocycles. The average molecular weight is 493 g/mol. The summed E-state index contributed by atoms with van der Waals surface area (Å²) in [6.45, 7) is 0. The summed E-state index contributed by atoms with van der Waals surface area (Å²) in [5.41, 5.74) is -2.32. The SMILES string of the molecule is COc1cccc(OC)c1C(=O)P(=O)(C(=O)c1c(Cl)ccc(Cl)c1OC)c1ccccc1. The van der Waals surface area contributed by atoms with Crippen LogP contribution in [0, 0.1) is 0 Å². The molecule has 0 aliphatic carbocycles. The van der Waals surface area contributed by atoms with Crippen molar-refractivity contribution >= 4 is 46.7 Å². The molecule has 166 valence electrons. The highest BCUT2D eigenvalue weighted by atomic mass is 35.5. The smallest absolute Gasteiger partial charge is 0.249 e. The fraction of sp³-hybridized carbons (Fsp3) is 0.130.